The van der Waals surface area contributed by atoms with Crippen molar-refractivity contribution in [1.29, 1.82) is 0 Å². The van der Waals surface area contributed by atoms with Crippen molar-refractivity contribution in [2.45, 2.75) is 17.0 Å². The molecule has 2 aromatic carbocycles. The molecule has 27 heavy (non-hydrogen) atoms. The van der Waals surface area contributed by atoms with Gasteiger partial charge in [0.1, 0.15) is 5.75 Å². The van der Waals surface area contributed by atoms with Crippen molar-refractivity contribution in [3.8, 4) is 17.1 Å². The van der Waals surface area contributed by atoms with Gasteiger partial charge in [0.15, 0.2) is 5.82 Å². The number of rotatable bonds is 7. The summed E-state index contributed by atoms with van der Waals surface area (Å²) in [6.07, 6.45) is 0. The van der Waals surface area contributed by atoms with Crippen LogP contribution in [0.2, 0.25) is 0 Å². The van der Waals surface area contributed by atoms with Crippen LogP contribution >= 0.6 is 11.8 Å². The maximum Gasteiger partial charge on any atom is 0.290 e. The van der Waals surface area contributed by atoms with Crippen LogP contribution in [0.15, 0.2) is 52.5 Å². The maximum absolute atomic E-state index is 11.2. The summed E-state index contributed by atoms with van der Waals surface area (Å²) in [5.41, 5.74) is -0.0282. The zero-order valence-electron chi connectivity index (χ0n) is 14.0. The topological polar surface area (TPSA) is 137 Å². The van der Waals surface area contributed by atoms with Gasteiger partial charge in [-0.3, -0.25) is 25.3 Å². The standard InChI is InChI=1S/C16H13N5O5S/c1-2-26-13-6-4-3-5-11(13)15-17-16(19-18-15)27-14-8-7-10(20(22)23)9-12(14)21(24)25/h3-9H,2H2,1H3,(H,17,18,19). The molecule has 0 atom stereocenters. The number of aromatic nitrogens is 3. The molecule has 0 aliphatic rings. The molecule has 1 N–H and O–H groups in total. The summed E-state index contributed by atoms with van der Waals surface area (Å²) in [6.45, 7) is 2.36. The van der Waals surface area contributed by atoms with Gasteiger partial charge in [0, 0.05) is 6.07 Å². The number of para-hydroxylation sites is 1. The summed E-state index contributed by atoms with van der Waals surface area (Å²) in [4.78, 5) is 25.2. The lowest BCUT2D eigenvalue weighted by molar-refractivity contribution is -0.396. The van der Waals surface area contributed by atoms with Crippen LogP contribution < -0.4 is 4.74 Å². The van der Waals surface area contributed by atoms with Crippen LogP contribution in [0.25, 0.3) is 11.4 Å². The Morgan fingerprint density at radius 3 is 2.63 bits per heavy atom. The van der Waals surface area contributed by atoms with Gasteiger partial charge >= 0.3 is 0 Å². The normalized spacial score (nSPS) is 10.6. The quantitative estimate of drug-likeness (QED) is 0.477. The molecule has 1 aromatic heterocycles. The molecular formula is C16H13N5O5S. The number of nitro groups is 2. The first-order valence-electron chi connectivity index (χ1n) is 7.75. The Balaban J connectivity index is 1.91. The molecule has 0 bridgehead atoms. The van der Waals surface area contributed by atoms with E-state index in [-0.39, 0.29) is 21.4 Å². The predicted molar refractivity (Wildman–Crippen MR) is 96.9 cm³/mol. The zero-order valence-corrected chi connectivity index (χ0v) is 14.8. The smallest absolute Gasteiger partial charge is 0.290 e. The minimum absolute atomic E-state index is 0.203. The van der Waals surface area contributed by atoms with E-state index in [0.717, 1.165) is 17.8 Å². The van der Waals surface area contributed by atoms with Gasteiger partial charge in [0.2, 0.25) is 5.16 Å². The number of hydrogen-bond donors (Lipinski definition) is 1. The highest BCUT2D eigenvalue weighted by Gasteiger charge is 2.22. The van der Waals surface area contributed by atoms with Crippen LogP contribution in [-0.2, 0) is 0 Å². The molecule has 0 fully saturated rings. The molecule has 0 unspecified atom stereocenters. The van der Waals surface area contributed by atoms with E-state index in [1.165, 1.54) is 12.1 Å². The fourth-order valence-corrected chi connectivity index (χ4v) is 3.10. The van der Waals surface area contributed by atoms with E-state index in [0.29, 0.717) is 23.7 Å². The van der Waals surface area contributed by atoms with E-state index in [2.05, 4.69) is 15.2 Å². The van der Waals surface area contributed by atoms with Crippen LogP contribution in [0.4, 0.5) is 11.4 Å². The van der Waals surface area contributed by atoms with Crippen molar-refractivity contribution in [2.24, 2.45) is 0 Å². The van der Waals surface area contributed by atoms with E-state index in [1.807, 2.05) is 25.1 Å². The number of ether oxygens (including phenoxy) is 1. The van der Waals surface area contributed by atoms with Gasteiger partial charge in [-0.05, 0) is 36.9 Å². The fourth-order valence-electron chi connectivity index (χ4n) is 2.30. The van der Waals surface area contributed by atoms with E-state index in [1.54, 1.807) is 6.07 Å². The maximum atomic E-state index is 11.2. The average Bonchev–Trinajstić information content (AvgIpc) is 3.10. The van der Waals surface area contributed by atoms with E-state index in [9.17, 15) is 20.2 Å². The molecule has 0 amide bonds. The molecule has 0 saturated carbocycles. The third kappa shape index (κ3) is 4.03. The second-order valence-corrected chi connectivity index (χ2v) is 6.17. The number of non-ortho nitro benzene ring substituents is 1. The van der Waals surface area contributed by atoms with Gasteiger partial charge in [-0.15, -0.1) is 5.10 Å². The number of benzene rings is 2. The predicted octanol–water partition coefficient (Wildman–Crippen LogP) is 3.84. The first-order chi connectivity index (χ1) is 13.0. The summed E-state index contributed by atoms with van der Waals surface area (Å²) in [5, 5.41) is 29.1. The van der Waals surface area contributed by atoms with Crippen molar-refractivity contribution in [2.75, 3.05) is 6.61 Å². The van der Waals surface area contributed by atoms with Crippen LogP contribution in [0.3, 0.4) is 0 Å². The van der Waals surface area contributed by atoms with Crippen LogP contribution in [-0.4, -0.2) is 31.6 Å². The summed E-state index contributed by atoms with van der Waals surface area (Å²) in [6, 6.07) is 10.7. The molecule has 3 rings (SSSR count). The van der Waals surface area contributed by atoms with E-state index < -0.39 is 9.85 Å². The highest BCUT2D eigenvalue weighted by Crippen LogP contribution is 2.36. The molecule has 3 aromatic rings. The van der Waals surface area contributed by atoms with Crippen molar-refractivity contribution in [3.63, 3.8) is 0 Å². The Morgan fingerprint density at radius 1 is 1.15 bits per heavy atom. The molecular weight excluding hydrogens is 374 g/mol. The van der Waals surface area contributed by atoms with E-state index in [4.69, 9.17) is 4.74 Å². The van der Waals surface area contributed by atoms with Gasteiger partial charge in [0.05, 0.1) is 33.0 Å². The molecule has 138 valence electrons. The van der Waals surface area contributed by atoms with Crippen molar-refractivity contribution in [1.82, 2.24) is 15.2 Å². The molecule has 0 spiro atoms. The molecule has 1 heterocycles. The number of nitrogens with zero attached hydrogens (tertiary/aromatic N) is 4. The Morgan fingerprint density at radius 2 is 1.93 bits per heavy atom. The summed E-state index contributed by atoms with van der Waals surface area (Å²) in [5.74, 6) is 1.08. The lowest BCUT2D eigenvalue weighted by atomic mass is 10.2. The molecule has 0 aliphatic heterocycles. The Bertz CT molecular complexity index is 1010. The minimum atomic E-state index is -0.684. The van der Waals surface area contributed by atoms with Crippen LogP contribution in [0.1, 0.15) is 6.92 Å². The second kappa shape index (κ2) is 7.83. The highest BCUT2D eigenvalue weighted by molar-refractivity contribution is 7.99. The number of hydrogen-bond acceptors (Lipinski definition) is 8. The first-order valence-corrected chi connectivity index (χ1v) is 8.56. The van der Waals surface area contributed by atoms with Crippen molar-refractivity contribution >= 4 is 23.1 Å². The lowest BCUT2D eigenvalue weighted by Gasteiger charge is -2.06. The van der Waals surface area contributed by atoms with Crippen molar-refractivity contribution < 1.29 is 14.6 Å². The molecule has 0 aliphatic carbocycles. The lowest BCUT2D eigenvalue weighted by Crippen LogP contribution is -1.95. The fraction of sp³-hybridized carbons (Fsp3) is 0.125. The van der Waals surface area contributed by atoms with Gasteiger partial charge in [-0.1, -0.05) is 12.1 Å². The molecule has 0 saturated heterocycles. The monoisotopic (exact) mass is 387 g/mol. The highest BCUT2D eigenvalue weighted by atomic mass is 32.2. The third-order valence-electron chi connectivity index (χ3n) is 3.46. The zero-order chi connectivity index (χ0) is 19.4. The number of nitro benzene ring substituents is 2. The third-order valence-corrected chi connectivity index (χ3v) is 4.39. The Labute approximate surface area is 156 Å². The second-order valence-electron chi connectivity index (χ2n) is 5.16. The number of aromatic amines is 1. The Hall–Kier alpha value is -3.47. The summed E-state index contributed by atoms with van der Waals surface area (Å²) in [7, 11) is 0. The number of H-pyrrole nitrogens is 1. The van der Waals surface area contributed by atoms with Gasteiger partial charge in [-0.25, -0.2) is 4.98 Å². The first kappa shape index (κ1) is 18.3. The van der Waals surface area contributed by atoms with Gasteiger partial charge < -0.3 is 4.74 Å². The summed E-state index contributed by atoms with van der Waals surface area (Å²) < 4.78 is 5.56. The number of nitrogens with one attached hydrogen (secondary N) is 1. The molecule has 10 nitrogen and oxygen atoms in total. The Kier molecular flexibility index (Phi) is 5.31. The largest absolute Gasteiger partial charge is 0.493 e. The van der Waals surface area contributed by atoms with Crippen LogP contribution in [0.5, 0.6) is 5.75 Å². The summed E-state index contributed by atoms with van der Waals surface area (Å²) >= 11 is 0.939. The average molecular weight is 387 g/mol. The van der Waals surface area contributed by atoms with Gasteiger partial charge in [0.25, 0.3) is 11.4 Å². The molecule has 11 heteroatoms. The van der Waals surface area contributed by atoms with Crippen LogP contribution in [0, 0.1) is 20.2 Å². The van der Waals surface area contributed by atoms with E-state index >= 15 is 0 Å². The van der Waals surface area contributed by atoms with Gasteiger partial charge in [-0.2, -0.15) is 0 Å². The van der Waals surface area contributed by atoms with Crippen molar-refractivity contribution in [3.05, 3.63) is 62.7 Å². The minimum Gasteiger partial charge on any atom is -0.493 e. The SMILES string of the molecule is CCOc1ccccc1-c1nc(Sc2ccc([N+](=O)[O-])cc2[N+](=O)[O-])n[nH]1. The molecule has 0 radical (unpaired) electrons.